The molecule has 0 atom stereocenters. The molecule has 15 heavy (non-hydrogen) atoms. The van der Waals surface area contributed by atoms with Gasteiger partial charge in [-0.05, 0) is 52.1 Å². The fourth-order valence-corrected chi connectivity index (χ4v) is 1.89. The molecule has 0 aromatic carbocycles. The number of hydrogen-bond acceptors (Lipinski definition) is 2. The minimum Gasteiger partial charge on any atom is -0.304 e. The monoisotopic (exact) mass is 234 g/mol. The molecular formula is C12H27ClN2. The lowest BCUT2D eigenvalue weighted by atomic mass is 10.3. The highest BCUT2D eigenvalue weighted by Crippen LogP contribution is 1.97. The molecule has 92 valence electrons. The summed E-state index contributed by atoms with van der Waals surface area (Å²) in [7, 11) is 0. The maximum absolute atomic E-state index is 5.70. The van der Waals surface area contributed by atoms with Crippen molar-refractivity contribution in [3.63, 3.8) is 0 Å². The number of alkyl halides is 1. The molecule has 0 aliphatic rings. The van der Waals surface area contributed by atoms with Crippen molar-refractivity contribution in [3.8, 4) is 0 Å². The summed E-state index contributed by atoms with van der Waals surface area (Å²) < 4.78 is 0. The smallest absolute Gasteiger partial charge is 0.0235 e. The molecule has 0 rings (SSSR count). The Hall–Kier alpha value is 0.210. The van der Waals surface area contributed by atoms with Crippen LogP contribution in [0.3, 0.4) is 0 Å². The van der Waals surface area contributed by atoms with Crippen LogP contribution in [0.2, 0.25) is 0 Å². The van der Waals surface area contributed by atoms with E-state index in [4.69, 9.17) is 11.6 Å². The van der Waals surface area contributed by atoms with Crippen LogP contribution in [-0.2, 0) is 0 Å². The van der Waals surface area contributed by atoms with Crippen molar-refractivity contribution in [3.05, 3.63) is 0 Å². The van der Waals surface area contributed by atoms with Gasteiger partial charge in [-0.15, -0.1) is 11.6 Å². The first-order chi connectivity index (χ1) is 7.28. The van der Waals surface area contributed by atoms with E-state index < -0.39 is 0 Å². The van der Waals surface area contributed by atoms with E-state index in [0.717, 1.165) is 25.4 Å². The average molecular weight is 235 g/mol. The molecule has 0 N–H and O–H groups in total. The molecule has 0 fully saturated rings. The predicted molar refractivity (Wildman–Crippen MR) is 69.9 cm³/mol. The van der Waals surface area contributed by atoms with Crippen molar-refractivity contribution in [1.82, 2.24) is 9.80 Å². The Balaban J connectivity index is 3.52. The zero-order chi connectivity index (χ0) is 11.5. The van der Waals surface area contributed by atoms with Crippen LogP contribution >= 0.6 is 11.6 Å². The zero-order valence-electron chi connectivity index (χ0n) is 10.6. The van der Waals surface area contributed by atoms with Gasteiger partial charge in [0, 0.05) is 5.88 Å². The van der Waals surface area contributed by atoms with Crippen molar-refractivity contribution in [2.24, 2.45) is 0 Å². The highest BCUT2D eigenvalue weighted by atomic mass is 35.5. The molecule has 0 unspecified atom stereocenters. The molecule has 0 aromatic heterocycles. The van der Waals surface area contributed by atoms with Gasteiger partial charge in [-0.3, -0.25) is 0 Å². The summed E-state index contributed by atoms with van der Waals surface area (Å²) in [6, 6.07) is 0. The third-order valence-electron chi connectivity index (χ3n) is 2.90. The van der Waals surface area contributed by atoms with Crippen molar-refractivity contribution >= 4 is 11.6 Å². The van der Waals surface area contributed by atoms with Crippen LogP contribution in [0.25, 0.3) is 0 Å². The van der Waals surface area contributed by atoms with E-state index in [0.29, 0.717) is 0 Å². The highest BCUT2D eigenvalue weighted by Gasteiger charge is 2.03. The van der Waals surface area contributed by atoms with E-state index in [1.165, 1.54) is 32.6 Å². The summed E-state index contributed by atoms with van der Waals surface area (Å²) >= 11 is 5.70. The first-order valence-corrected chi connectivity index (χ1v) is 6.82. The number of hydrogen-bond donors (Lipinski definition) is 0. The standard InChI is InChI=1S/C12H27ClN2/c1-4-14(5-2)11-8-12-15(6-3)10-7-9-13/h4-12H2,1-3H3. The van der Waals surface area contributed by atoms with Gasteiger partial charge in [0.15, 0.2) is 0 Å². The van der Waals surface area contributed by atoms with E-state index in [1.807, 2.05) is 0 Å². The Morgan fingerprint density at radius 2 is 1.20 bits per heavy atom. The fourth-order valence-electron chi connectivity index (χ4n) is 1.77. The molecule has 0 radical (unpaired) electrons. The van der Waals surface area contributed by atoms with Crippen LogP contribution in [0, 0.1) is 0 Å². The number of halogens is 1. The Morgan fingerprint density at radius 3 is 1.67 bits per heavy atom. The lowest BCUT2D eigenvalue weighted by molar-refractivity contribution is 0.244. The first kappa shape index (κ1) is 15.2. The van der Waals surface area contributed by atoms with Crippen molar-refractivity contribution < 1.29 is 0 Å². The van der Waals surface area contributed by atoms with Gasteiger partial charge in [0.25, 0.3) is 0 Å². The van der Waals surface area contributed by atoms with Gasteiger partial charge in [-0.1, -0.05) is 20.8 Å². The summed E-state index contributed by atoms with van der Waals surface area (Å²) in [4.78, 5) is 4.97. The lowest BCUT2D eigenvalue weighted by Gasteiger charge is -2.23. The molecule has 0 amide bonds. The van der Waals surface area contributed by atoms with Crippen LogP contribution in [0.4, 0.5) is 0 Å². The van der Waals surface area contributed by atoms with Crippen molar-refractivity contribution in [2.75, 3.05) is 45.1 Å². The quantitative estimate of drug-likeness (QED) is 0.537. The largest absolute Gasteiger partial charge is 0.304 e. The fraction of sp³-hybridized carbons (Fsp3) is 1.00. The summed E-state index contributed by atoms with van der Waals surface area (Å²) in [5.41, 5.74) is 0. The van der Waals surface area contributed by atoms with Crippen LogP contribution in [0.15, 0.2) is 0 Å². The third kappa shape index (κ3) is 8.06. The summed E-state index contributed by atoms with van der Waals surface area (Å²) in [6.07, 6.45) is 2.39. The van der Waals surface area contributed by atoms with Gasteiger partial charge in [0.05, 0.1) is 0 Å². The van der Waals surface area contributed by atoms with Crippen LogP contribution in [0.1, 0.15) is 33.6 Å². The SMILES string of the molecule is CCN(CC)CCCN(CC)CCCCl. The third-order valence-corrected chi connectivity index (χ3v) is 3.17. The van der Waals surface area contributed by atoms with Crippen LogP contribution in [0.5, 0.6) is 0 Å². The molecule has 0 heterocycles. The number of rotatable bonds is 10. The summed E-state index contributed by atoms with van der Waals surface area (Å²) in [5.74, 6) is 0.784. The van der Waals surface area contributed by atoms with Gasteiger partial charge in [-0.25, -0.2) is 0 Å². The summed E-state index contributed by atoms with van der Waals surface area (Å²) in [6.45, 7) is 13.8. The van der Waals surface area contributed by atoms with Crippen LogP contribution < -0.4 is 0 Å². The molecular weight excluding hydrogens is 208 g/mol. The Bertz CT molecular complexity index is 127. The van der Waals surface area contributed by atoms with E-state index in [-0.39, 0.29) is 0 Å². The van der Waals surface area contributed by atoms with Gasteiger partial charge in [0.2, 0.25) is 0 Å². The van der Waals surface area contributed by atoms with E-state index >= 15 is 0 Å². The molecule has 0 aromatic rings. The maximum Gasteiger partial charge on any atom is 0.0235 e. The Labute approximate surface area is 101 Å². The zero-order valence-corrected chi connectivity index (χ0v) is 11.4. The second kappa shape index (κ2) is 10.7. The van der Waals surface area contributed by atoms with Crippen molar-refractivity contribution in [2.45, 2.75) is 33.6 Å². The normalized spacial score (nSPS) is 11.6. The second-order valence-electron chi connectivity index (χ2n) is 3.86. The first-order valence-electron chi connectivity index (χ1n) is 6.29. The minimum atomic E-state index is 0.784. The lowest BCUT2D eigenvalue weighted by Crippen LogP contribution is -2.30. The minimum absolute atomic E-state index is 0.784. The molecule has 0 spiro atoms. The topological polar surface area (TPSA) is 6.48 Å². The number of nitrogens with zero attached hydrogens (tertiary/aromatic N) is 2. The van der Waals surface area contributed by atoms with Gasteiger partial charge >= 0.3 is 0 Å². The van der Waals surface area contributed by atoms with Gasteiger partial charge in [0.1, 0.15) is 0 Å². The average Bonchev–Trinajstić information content (AvgIpc) is 2.28. The second-order valence-corrected chi connectivity index (χ2v) is 4.24. The molecule has 0 aliphatic heterocycles. The highest BCUT2D eigenvalue weighted by molar-refractivity contribution is 6.17. The van der Waals surface area contributed by atoms with E-state index in [2.05, 4.69) is 30.6 Å². The maximum atomic E-state index is 5.70. The molecule has 3 heteroatoms. The van der Waals surface area contributed by atoms with Gasteiger partial charge in [-0.2, -0.15) is 0 Å². The summed E-state index contributed by atoms with van der Waals surface area (Å²) in [5, 5.41) is 0. The van der Waals surface area contributed by atoms with Gasteiger partial charge < -0.3 is 9.80 Å². The van der Waals surface area contributed by atoms with Crippen molar-refractivity contribution in [1.29, 1.82) is 0 Å². The van der Waals surface area contributed by atoms with E-state index in [1.54, 1.807) is 0 Å². The molecule has 0 saturated heterocycles. The Morgan fingerprint density at radius 1 is 0.733 bits per heavy atom. The molecule has 2 nitrogen and oxygen atoms in total. The molecule has 0 bridgehead atoms. The molecule has 0 aliphatic carbocycles. The molecule has 0 saturated carbocycles. The van der Waals surface area contributed by atoms with E-state index in [9.17, 15) is 0 Å². The van der Waals surface area contributed by atoms with Crippen LogP contribution in [-0.4, -0.2) is 54.9 Å². The predicted octanol–water partition coefficient (Wildman–Crippen LogP) is 2.67. The Kier molecular flexibility index (Phi) is 10.9.